The third-order valence-electron chi connectivity index (χ3n) is 4.12. The number of aliphatic carboxylic acids is 1. The molecule has 0 aromatic carbocycles. The van der Waals surface area contributed by atoms with Crippen LogP contribution >= 0.6 is 0 Å². The number of hydrogen-bond donors (Lipinski definition) is 2. The van der Waals surface area contributed by atoms with E-state index in [1.165, 1.54) is 9.21 Å². The minimum absolute atomic E-state index is 0.0299. The molecule has 2 N–H and O–H groups in total. The average Bonchev–Trinajstić information content (AvgIpc) is 2.79. The van der Waals surface area contributed by atoms with Gasteiger partial charge in [0.05, 0.1) is 12.4 Å². The van der Waals surface area contributed by atoms with Gasteiger partial charge in [0.25, 0.3) is 0 Å². The van der Waals surface area contributed by atoms with Gasteiger partial charge in [-0.15, -0.1) is 0 Å². The van der Waals surface area contributed by atoms with Crippen molar-refractivity contribution < 1.29 is 28.2 Å². The molecule has 0 aromatic heterocycles. The summed E-state index contributed by atoms with van der Waals surface area (Å²) in [5, 5.41) is 18.7. The van der Waals surface area contributed by atoms with Crippen LogP contribution in [0.25, 0.3) is 0 Å². The molecule has 2 heterocycles. The van der Waals surface area contributed by atoms with Crippen molar-refractivity contribution in [3.8, 4) is 0 Å². The van der Waals surface area contributed by atoms with Crippen molar-refractivity contribution in [1.29, 1.82) is 0 Å². The van der Waals surface area contributed by atoms with Gasteiger partial charge in [0.1, 0.15) is 6.04 Å². The Morgan fingerprint density at radius 2 is 1.76 bits per heavy atom. The summed E-state index contributed by atoms with van der Waals surface area (Å²) in [5.74, 6) is -1.80. The quantitative estimate of drug-likeness (QED) is 0.668. The zero-order chi connectivity index (χ0) is 15.8. The van der Waals surface area contributed by atoms with Gasteiger partial charge in [-0.25, -0.2) is 17.5 Å². The molecule has 2 rings (SSSR count). The highest BCUT2D eigenvalue weighted by atomic mass is 32.2. The van der Waals surface area contributed by atoms with E-state index in [0.29, 0.717) is 12.8 Å². The summed E-state index contributed by atoms with van der Waals surface area (Å²) in [5.41, 5.74) is 0. The molecule has 1 amide bonds. The molecule has 0 aromatic rings. The lowest BCUT2D eigenvalue weighted by molar-refractivity contribution is -0.150. The topological polar surface area (TPSA) is 115 Å². The van der Waals surface area contributed by atoms with Gasteiger partial charge in [-0.2, -0.15) is 0 Å². The van der Waals surface area contributed by atoms with Crippen LogP contribution in [0, 0.1) is 5.92 Å². The standard InChI is InChI=1S/C12H20N2O6S/c1-21(19,20)13-4-2-8(3-5-13)11(16)14-7-9(15)6-10(14)12(17)18/h8-10,15H,2-7H2,1H3,(H,17,18)/t9-,10-/m1/s1. The van der Waals surface area contributed by atoms with E-state index >= 15 is 0 Å². The number of aliphatic hydroxyl groups is 1. The third-order valence-corrected chi connectivity index (χ3v) is 5.42. The Morgan fingerprint density at radius 3 is 2.24 bits per heavy atom. The van der Waals surface area contributed by atoms with Crippen LogP contribution in [-0.4, -0.2) is 77.7 Å². The molecular weight excluding hydrogens is 300 g/mol. The monoisotopic (exact) mass is 320 g/mol. The van der Waals surface area contributed by atoms with E-state index in [9.17, 15) is 23.1 Å². The van der Waals surface area contributed by atoms with E-state index in [1.54, 1.807) is 0 Å². The summed E-state index contributed by atoms with van der Waals surface area (Å²) in [6, 6.07) is -0.986. The Hall–Kier alpha value is -1.19. The molecule has 0 saturated carbocycles. The van der Waals surface area contributed by atoms with Crippen LogP contribution in [0.3, 0.4) is 0 Å². The minimum Gasteiger partial charge on any atom is -0.480 e. The van der Waals surface area contributed by atoms with Crippen LogP contribution in [0.4, 0.5) is 0 Å². The Kier molecular flexibility index (Phi) is 4.54. The molecule has 0 bridgehead atoms. The lowest BCUT2D eigenvalue weighted by Crippen LogP contribution is -2.47. The number of β-amino-alcohol motifs (C(OH)–C–C–N with tert-alkyl or cyclic N) is 1. The van der Waals surface area contributed by atoms with Gasteiger partial charge in [0.2, 0.25) is 15.9 Å². The Balaban J connectivity index is 2.00. The lowest BCUT2D eigenvalue weighted by atomic mass is 9.96. The summed E-state index contributed by atoms with van der Waals surface area (Å²) in [6.07, 6.45) is 1.12. The number of piperidine rings is 1. The van der Waals surface area contributed by atoms with E-state index in [0.717, 1.165) is 6.26 Å². The number of amides is 1. The van der Waals surface area contributed by atoms with Crippen molar-refractivity contribution in [3.63, 3.8) is 0 Å². The first kappa shape index (κ1) is 16.2. The van der Waals surface area contributed by atoms with Gasteiger partial charge >= 0.3 is 5.97 Å². The minimum atomic E-state index is -3.25. The summed E-state index contributed by atoms with van der Waals surface area (Å²) >= 11 is 0. The maximum atomic E-state index is 12.4. The van der Waals surface area contributed by atoms with Crippen LogP contribution < -0.4 is 0 Å². The van der Waals surface area contributed by atoms with Crippen molar-refractivity contribution in [1.82, 2.24) is 9.21 Å². The number of likely N-dealkylation sites (tertiary alicyclic amines) is 1. The molecule has 120 valence electrons. The van der Waals surface area contributed by atoms with E-state index in [4.69, 9.17) is 5.11 Å². The molecule has 8 nitrogen and oxygen atoms in total. The van der Waals surface area contributed by atoms with Crippen LogP contribution in [0.2, 0.25) is 0 Å². The summed E-state index contributed by atoms with van der Waals surface area (Å²) in [7, 11) is -3.25. The molecule has 9 heteroatoms. The van der Waals surface area contributed by atoms with Gasteiger partial charge in [0.15, 0.2) is 0 Å². The summed E-state index contributed by atoms with van der Waals surface area (Å²) < 4.78 is 24.2. The molecular formula is C12H20N2O6S. The number of carbonyl (C=O) groups excluding carboxylic acids is 1. The van der Waals surface area contributed by atoms with Gasteiger partial charge in [0, 0.05) is 32.0 Å². The first-order valence-electron chi connectivity index (χ1n) is 6.86. The average molecular weight is 320 g/mol. The van der Waals surface area contributed by atoms with E-state index in [2.05, 4.69) is 0 Å². The number of carboxylic acids is 1. The molecule has 0 radical (unpaired) electrons. The fourth-order valence-corrected chi connectivity index (χ4v) is 3.83. The zero-order valence-electron chi connectivity index (χ0n) is 11.8. The molecule has 2 atom stereocenters. The van der Waals surface area contributed by atoms with Crippen LogP contribution in [-0.2, 0) is 19.6 Å². The fourth-order valence-electron chi connectivity index (χ4n) is 2.96. The highest BCUT2D eigenvalue weighted by molar-refractivity contribution is 7.88. The summed E-state index contributed by atoms with van der Waals surface area (Å²) in [4.78, 5) is 24.8. The molecule has 0 unspecified atom stereocenters. The zero-order valence-corrected chi connectivity index (χ0v) is 12.6. The predicted octanol–water partition coefficient (Wildman–Crippen LogP) is -1.30. The number of hydrogen-bond acceptors (Lipinski definition) is 5. The number of rotatable bonds is 3. The molecule has 2 aliphatic heterocycles. The summed E-state index contributed by atoms with van der Waals surface area (Å²) in [6.45, 7) is 0.564. The van der Waals surface area contributed by atoms with Crippen molar-refractivity contribution in [2.45, 2.75) is 31.4 Å². The van der Waals surface area contributed by atoms with E-state index in [1.807, 2.05) is 0 Å². The van der Waals surface area contributed by atoms with Gasteiger partial charge in [-0.3, -0.25) is 4.79 Å². The maximum absolute atomic E-state index is 12.4. The Bertz CT molecular complexity index is 526. The second-order valence-corrected chi connectivity index (χ2v) is 7.65. The highest BCUT2D eigenvalue weighted by Gasteiger charge is 2.42. The van der Waals surface area contributed by atoms with Crippen LogP contribution in [0.5, 0.6) is 0 Å². The molecule has 2 saturated heterocycles. The van der Waals surface area contributed by atoms with Gasteiger partial charge < -0.3 is 15.1 Å². The molecule has 0 aliphatic carbocycles. The van der Waals surface area contributed by atoms with Gasteiger partial charge in [-0.1, -0.05) is 0 Å². The molecule has 2 aliphatic rings. The second kappa shape index (κ2) is 5.90. The van der Waals surface area contributed by atoms with Crippen LogP contribution in [0.1, 0.15) is 19.3 Å². The van der Waals surface area contributed by atoms with Crippen molar-refractivity contribution >= 4 is 21.9 Å². The predicted molar refractivity (Wildman–Crippen MR) is 72.9 cm³/mol. The number of nitrogens with zero attached hydrogens (tertiary/aromatic N) is 2. The molecule has 0 spiro atoms. The number of carbonyl (C=O) groups is 2. The van der Waals surface area contributed by atoms with Crippen molar-refractivity contribution in [3.05, 3.63) is 0 Å². The number of aliphatic hydroxyl groups excluding tert-OH is 1. The SMILES string of the molecule is CS(=O)(=O)N1CCC(C(=O)N2C[C@H](O)C[C@@H]2C(=O)O)CC1. The second-order valence-electron chi connectivity index (χ2n) is 5.67. The lowest BCUT2D eigenvalue weighted by Gasteiger charge is -2.32. The third kappa shape index (κ3) is 3.53. The first-order valence-corrected chi connectivity index (χ1v) is 8.71. The van der Waals surface area contributed by atoms with Crippen molar-refractivity contribution in [2.24, 2.45) is 5.92 Å². The molecule has 2 fully saturated rings. The smallest absolute Gasteiger partial charge is 0.326 e. The Morgan fingerprint density at radius 1 is 1.19 bits per heavy atom. The highest BCUT2D eigenvalue weighted by Crippen LogP contribution is 2.26. The maximum Gasteiger partial charge on any atom is 0.326 e. The number of carboxylic acid groups (broad SMARTS) is 1. The molecule has 21 heavy (non-hydrogen) atoms. The van der Waals surface area contributed by atoms with Crippen LogP contribution in [0.15, 0.2) is 0 Å². The van der Waals surface area contributed by atoms with Gasteiger partial charge in [-0.05, 0) is 12.8 Å². The van der Waals surface area contributed by atoms with E-state index in [-0.39, 0.29) is 37.9 Å². The first-order chi connectivity index (χ1) is 9.70. The Labute approximate surface area is 123 Å². The fraction of sp³-hybridized carbons (Fsp3) is 0.833. The normalized spacial score (nSPS) is 28.8. The van der Waals surface area contributed by atoms with E-state index < -0.39 is 28.1 Å². The largest absolute Gasteiger partial charge is 0.480 e. The number of sulfonamides is 1. The van der Waals surface area contributed by atoms with Crippen molar-refractivity contribution in [2.75, 3.05) is 25.9 Å².